The zero-order valence-electron chi connectivity index (χ0n) is 15.6. The van der Waals surface area contributed by atoms with Crippen LogP contribution in [0.5, 0.6) is 0 Å². The molecule has 2 amide bonds. The third kappa shape index (κ3) is 4.83. The zero-order chi connectivity index (χ0) is 21.1. The molecule has 2 unspecified atom stereocenters. The van der Waals surface area contributed by atoms with Gasteiger partial charge in [-0.2, -0.15) is 8.78 Å². The quantitative estimate of drug-likeness (QED) is 0.321. The van der Waals surface area contributed by atoms with Crippen molar-refractivity contribution in [3.05, 3.63) is 35.7 Å². The number of anilines is 1. The predicted molar refractivity (Wildman–Crippen MR) is 109 cm³/mol. The van der Waals surface area contributed by atoms with Crippen LogP contribution in [0.4, 0.5) is 14.6 Å². The van der Waals surface area contributed by atoms with Crippen LogP contribution in [0.3, 0.4) is 0 Å². The number of nitrogens with one attached hydrogen (secondary N) is 2. The number of alkyl halides is 3. The molecule has 1 aliphatic carbocycles. The second-order valence-corrected chi connectivity index (χ2v) is 8.14. The summed E-state index contributed by atoms with van der Waals surface area (Å²) in [7, 11) is 1.57. The van der Waals surface area contributed by atoms with Gasteiger partial charge in [-0.1, -0.05) is 0 Å². The van der Waals surface area contributed by atoms with Crippen molar-refractivity contribution in [2.75, 3.05) is 19.0 Å². The summed E-state index contributed by atoms with van der Waals surface area (Å²) in [5.41, 5.74) is -0.655. The van der Waals surface area contributed by atoms with Crippen molar-refractivity contribution in [1.82, 2.24) is 9.88 Å². The van der Waals surface area contributed by atoms with Gasteiger partial charge in [-0.25, -0.2) is 4.98 Å². The first-order valence-electron chi connectivity index (χ1n) is 8.43. The van der Waals surface area contributed by atoms with Gasteiger partial charge in [-0.15, -0.1) is 0 Å². The Labute approximate surface area is 175 Å². The standard InChI is InChI=1S/C18H21F2IN4O3/c1-11(17(9-22)6-4-14(17)28-10-18(19,20)21)25(3)16(27)13-5-7-23-15(8-13)24-12(2)26/h4-5,7-9,11,22H,6,10H2,1-3H3,(H,23,24,26). The van der Waals surface area contributed by atoms with Crippen molar-refractivity contribution in [3.8, 4) is 0 Å². The van der Waals surface area contributed by atoms with Gasteiger partial charge < -0.3 is 20.4 Å². The van der Waals surface area contributed by atoms with Gasteiger partial charge in [0.1, 0.15) is 11.6 Å². The summed E-state index contributed by atoms with van der Waals surface area (Å²) in [5, 5.41) is 10.3. The molecular formula is C18H21F2IN4O3. The molecule has 28 heavy (non-hydrogen) atoms. The van der Waals surface area contributed by atoms with Crippen LogP contribution in [0.25, 0.3) is 0 Å². The van der Waals surface area contributed by atoms with E-state index in [0.717, 1.165) is 28.8 Å². The summed E-state index contributed by atoms with van der Waals surface area (Å²) in [4.78, 5) is 29.5. The Hall–Kier alpha value is -2.11. The molecule has 0 aliphatic heterocycles. The molecule has 10 heteroatoms. The maximum Gasteiger partial charge on any atom is 0.329 e. The fraction of sp³-hybridized carbons (Fsp3) is 0.444. The largest absolute Gasteiger partial charge is 0.490 e. The van der Waals surface area contributed by atoms with E-state index in [-0.39, 0.29) is 23.4 Å². The molecule has 0 radical (unpaired) electrons. The van der Waals surface area contributed by atoms with Crippen LogP contribution in [0.2, 0.25) is 0 Å². The molecule has 0 fully saturated rings. The normalized spacial score (nSPS) is 19.7. The van der Waals surface area contributed by atoms with E-state index in [1.54, 1.807) is 20.0 Å². The summed E-state index contributed by atoms with van der Waals surface area (Å²) in [6, 6.07) is 2.45. The molecule has 2 atom stereocenters. The highest BCUT2D eigenvalue weighted by molar-refractivity contribution is 14.1. The number of ether oxygens (including phenoxy) is 1. The van der Waals surface area contributed by atoms with Gasteiger partial charge in [0.2, 0.25) is 5.91 Å². The first-order valence-corrected chi connectivity index (χ1v) is 9.50. The maximum atomic E-state index is 13.1. The predicted octanol–water partition coefficient (Wildman–Crippen LogP) is 3.47. The number of pyridine rings is 1. The number of carbonyl (C=O) groups excluding carboxylic acids is 2. The van der Waals surface area contributed by atoms with Gasteiger partial charge in [0.05, 0.1) is 5.41 Å². The number of carbonyl (C=O) groups is 2. The lowest BCUT2D eigenvalue weighted by atomic mass is 9.69. The summed E-state index contributed by atoms with van der Waals surface area (Å²) in [6.07, 6.45) is 4.59. The van der Waals surface area contributed by atoms with E-state index >= 15 is 0 Å². The van der Waals surface area contributed by atoms with Gasteiger partial charge in [-0.3, -0.25) is 9.59 Å². The molecular weight excluding hydrogens is 485 g/mol. The Morgan fingerprint density at radius 2 is 2.25 bits per heavy atom. The second-order valence-electron chi connectivity index (χ2n) is 6.56. The number of allylic oxidation sites excluding steroid dienone is 1. The summed E-state index contributed by atoms with van der Waals surface area (Å²) in [6.45, 7) is 2.27. The molecule has 2 rings (SSSR count). The van der Waals surface area contributed by atoms with Crippen LogP contribution in [-0.2, 0) is 9.53 Å². The number of rotatable bonds is 8. The number of amides is 2. The van der Waals surface area contributed by atoms with Gasteiger partial charge >= 0.3 is 3.93 Å². The maximum absolute atomic E-state index is 13.1. The molecule has 0 saturated heterocycles. The highest BCUT2D eigenvalue weighted by atomic mass is 127. The van der Waals surface area contributed by atoms with Crippen LogP contribution in [0, 0.1) is 10.8 Å². The van der Waals surface area contributed by atoms with E-state index in [0.29, 0.717) is 12.0 Å². The minimum absolute atomic E-state index is 0.248. The number of aromatic nitrogens is 1. The van der Waals surface area contributed by atoms with Crippen molar-refractivity contribution >= 4 is 46.4 Å². The van der Waals surface area contributed by atoms with Crippen molar-refractivity contribution in [2.24, 2.45) is 5.41 Å². The topological polar surface area (TPSA) is 95.4 Å². The summed E-state index contributed by atoms with van der Waals surface area (Å²) >= 11 is 0.991. The van der Waals surface area contributed by atoms with E-state index in [1.807, 2.05) is 0 Å². The third-order valence-electron chi connectivity index (χ3n) is 4.69. The fourth-order valence-corrected chi connectivity index (χ4v) is 3.09. The molecule has 1 aromatic heterocycles. The minimum Gasteiger partial charge on any atom is -0.490 e. The molecule has 2 N–H and O–H groups in total. The molecule has 1 aliphatic rings. The summed E-state index contributed by atoms with van der Waals surface area (Å²) < 4.78 is 28.4. The molecule has 0 bridgehead atoms. The smallest absolute Gasteiger partial charge is 0.329 e. The Morgan fingerprint density at radius 3 is 2.75 bits per heavy atom. The molecule has 0 saturated carbocycles. The van der Waals surface area contributed by atoms with Crippen molar-refractivity contribution in [1.29, 1.82) is 5.41 Å². The summed E-state index contributed by atoms with van der Waals surface area (Å²) in [5.74, 6) is -0.152. The minimum atomic E-state index is -3.02. The number of nitrogens with zero attached hydrogens (tertiary/aromatic N) is 2. The average molecular weight is 506 g/mol. The van der Waals surface area contributed by atoms with E-state index in [2.05, 4.69) is 10.3 Å². The molecule has 1 heterocycles. The lowest BCUT2D eigenvalue weighted by Gasteiger charge is -2.46. The first kappa shape index (κ1) is 22.2. The van der Waals surface area contributed by atoms with Crippen molar-refractivity contribution in [3.63, 3.8) is 0 Å². The zero-order valence-corrected chi connectivity index (χ0v) is 17.8. The van der Waals surface area contributed by atoms with Crippen LogP contribution in [0.15, 0.2) is 30.2 Å². The second kappa shape index (κ2) is 8.50. The van der Waals surface area contributed by atoms with Gasteiger partial charge in [0, 0.05) is 60.6 Å². The average Bonchev–Trinajstić information content (AvgIpc) is 2.59. The van der Waals surface area contributed by atoms with Crippen molar-refractivity contribution < 1.29 is 23.1 Å². The lowest BCUT2D eigenvalue weighted by molar-refractivity contribution is -0.114. The Balaban J connectivity index is 2.17. The number of halogens is 3. The number of hydrogen-bond acceptors (Lipinski definition) is 5. The molecule has 152 valence electrons. The molecule has 0 aromatic carbocycles. The van der Waals surface area contributed by atoms with Gasteiger partial charge in [-0.05, 0) is 31.6 Å². The molecule has 7 nitrogen and oxygen atoms in total. The van der Waals surface area contributed by atoms with E-state index in [4.69, 9.17) is 10.1 Å². The highest BCUT2D eigenvalue weighted by Crippen LogP contribution is 2.45. The number of hydrogen-bond donors (Lipinski definition) is 2. The lowest BCUT2D eigenvalue weighted by Crippen LogP contribution is -2.52. The van der Waals surface area contributed by atoms with Gasteiger partial charge in [0.25, 0.3) is 5.91 Å². The first-order chi connectivity index (χ1) is 13.0. The van der Waals surface area contributed by atoms with E-state index in [9.17, 15) is 18.4 Å². The molecule has 1 aromatic rings. The SMILES string of the molecule is CC(=O)Nc1cc(C(=O)N(C)C(C)C2(C=N)CC=C2OCC(F)(F)I)ccn1. The Morgan fingerprint density at radius 1 is 1.57 bits per heavy atom. The fourth-order valence-electron chi connectivity index (χ4n) is 2.94. The van der Waals surface area contributed by atoms with E-state index in [1.165, 1.54) is 30.2 Å². The Bertz CT molecular complexity index is 812. The molecule has 0 spiro atoms. The van der Waals surface area contributed by atoms with Crippen LogP contribution in [0.1, 0.15) is 30.6 Å². The van der Waals surface area contributed by atoms with Crippen LogP contribution in [-0.4, -0.2) is 51.5 Å². The van der Waals surface area contributed by atoms with Crippen LogP contribution >= 0.6 is 22.6 Å². The van der Waals surface area contributed by atoms with E-state index < -0.39 is 22.0 Å². The monoisotopic (exact) mass is 506 g/mol. The third-order valence-corrected chi connectivity index (χ3v) is 5.00. The van der Waals surface area contributed by atoms with Gasteiger partial charge in [0.15, 0.2) is 6.61 Å². The van der Waals surface area contributed by atoms with Crippen LogP contribution < -0.4 is 5.32 Å². The highest BCUT2D eigenvalue weighted by Gasteiger charge is 2.48. The Kier molecular flexibility index (Phi) is 6.73. The van der Waals surface area contributed by atoms with Crippen molar-refractivity contribution in [2.45, 2.75) is 30.2 Å².